The summed E-state index contributed by atoms with van der Waals surface area (Å²) in [5.41, 5.74) is 0.754. The van der Waals surface area contributed by atoms with Crippen LogP contribution in [0, 0.1) is 0 Å². The Morgan fingerprint density at radius 3 is 2.38 bits per heavy atom. The van der Waals surface area contributed by atoms with Gasteiger partial charge in [-0.05, 0) is 42.8 Å². The standard InChI is InChI=1S/C19H20Cl2N2O3/c1-13(19(25)22-2)23(11-14-5-3-4-6-17(14)21)18(24)12-26-16-9-7-15(20)8-10-16/h3-10,13H,11-12H2,1-2H3,(H,22,25)/t13-/m0/s1. The van der Waals surface area contributed by atoms with Crippen LogP contribution in [0.15, 0.2) is 48.5 Å². The van der Waals surface area contributed by atoms with E-state index in [-0.39, 0.29) is 25.0 Å². The van der Waals surface area contributed by atoms with Crippen LogP contribution in [-0.2, 0) is 16.1 Å². The van der Waals surface area contributed by atoms with E-state index in [1.807, 2.05) is 18.2 Å². The number of benzene rings is 2. The molecule has 0 fully saturated rings. The maximum atomic E-state index is 12.7. The first-order chi connectivity index (χ1) is 12.4. The normalized spacial score (nSPS) is 11.5. The average Bonchev–Trinajstić information content (AvgIpc) is 2.65. The molecule has 0 heterocycles. The summed E-state index contributed by atoms with van der Waals surface area (Å²) in [6.07, 6.45) is 0. The van der Waals surface area contributed by atoms with Crippen LogP contribution in [-0.4, -0.2) is 36.4 Å². The van der Waals surface area contributed by atoms with Crippen molar-refractivity contribution in [1.82, 2.24) is 10.2 Å². The van der Waals surface area contributed by atoms with Gasteiger partial charge in [0.1, 0.15) is 11.8 Å². The molecule has 0 unspecified atom stereocenters. The minimum Gasteiger partial charge on any atom is -0.484 e. The predicted octanol–water partition coefficient (Wildman–Crippen LogP) is 3.54. The van der Waals surface area contributed by atoms with Crippen LogP contribution >= 0.6 is 23.2 Å². The molecule has 0 aliphatic rings. The van der Waals surface area contributed by atoms with Gasteiger partial charge >= 0.3 is 0 Å². The quantitative estimate of drug-likeness (QED) is 0.780. The molecule has 2 aromatic carbocycles. The smallest absolute Gasteiger partial charge is 0.261 e. The molecule has 0 saturated carbocycles. The zero-order valence-electron chi connectivity index (χ0n) is 14.5. The lowest BCUT2D eigenvalue weighted by atomic mass is 10.1. The molecule has 0 radical (unpaired) electrons. The van der Waals surface area contributed by atoms with Crippen LogP contribution in [0.4, 0.5) is 0 Å². The fourth-order valence-electron chi connectivity index (χ4n) is 2.36. The maximum Gasteiger partial charge on any atom is 0.261 e. The molecule has 2 aromatic rings. The summed E-state index contributed by atoms with van der Waals surface area (Å²) in [6, 6.07) is 13.2. The summed E-state index contributed by atoms with van der Waals surface area (Å²) < 4.78 is 5.52. The van der Waals surface area contributed by atoms with Crippen LogP contribution in [0.3, 0.4) is 0 Å². The van der Waals surface area contributed by atoms with E-state index < -0.39 is 6.04 Å². The summed E-state index contributed by atoms with van der Waals surface area (Å²) >= 11 is 12.0. The Labute approximate surface area is 162 Å². The van der Waals surface area contributed by atoms with Gasteiger partial charge in [-0.15, -0.1) is 0 Å². The van der Waals surface area contributed by atoms with E-state index in [9.17, 15) is 9.59 Å². The van der Waals surface area contributed by atoms with Crippen molar-refractivity contribution in [2.45, 2.75) is 19.5 Å². The first kappa shape index (κ1) is 20.1. The summed E-state index contributed by atoms with van der Waals surface area (Å²) in [6.45, 7) is 1.67. The van der Waals surface area contributed by atoms with Crippen LogP contribution in [0.2, 0.25) is 10.0 Å². The Bertz CT molecular complexity index is 766. The lowest BCUT2D eigenvalue weighted by Gasteiger charge is -2.28. The van der Waals surface area contributed by atoms with Crippen molar-refractivity contribution in [2.75, 3.05) is 13.7 Å². The number of amides is 2. The predicted molar refractivity (Wildman–Crippen MR) is 102 cm³/mol. The topological polar surface area (TPSA) is 58.6 Å². The number of rotatable bonds is 7. The first-order valence-electron chi connectivity index (χ1n) is 8.05. The minimum absolute atomic E-state index is 0.201. The van der Waals surface area contributed by atoms with E-state index in [0.29, 0.717) is 15.8 Å². The molecule has 0 aromatic heterocycles. The lowest BCUT2D eigenvalue weighted by Crippen LogP contribution is -2.48. The number of halogens is 2. The number of carbonyl (C=O) groups is 2. The van der Waals surface area contributed by atoms with Crippen LogP contribution in [0.25, 0.3) is 0 Å². The second kappa shape index (κ2) is 9.46. The molecule has 2 rings (SSSR count). The van der Waals surface area contributed by atoms with Crippen molar-refractivity contribution in [3.05, 3.63) is 64.1 Å². The van der Waals surface area contributed by atoms with Gasteiger partial charge in [0.15, 0.2) is 6.61 Å². The highest BCUT2D eigenvalue weighted by Gasteiger charge is 2.26. The molecule has 0 bridgehead atoms. The monoisotopic (exact) mass is 394 g/mol. The van der Waals surface area contributed by atoms with E-state index in [1.54, 1.807) is 37.3 Å². The number of hydrogen-bond donors (Lipinski definition) is 1. The highest BCUT2D eigenvalue weighted by molar-refractivity contribution is 6.31. The number of nitrogens with zero attached hydrogens (tertiary/aromatic N) is 1. The highest BCUT2D eigenvalue weighted by atomic mass is 35.5. The van der Waals surface area contributed by atoms with E-state index in [2.05, 4.69) is 5.32 Å². The van der Waals surface area contributed by atoms with Gasteiger partial charge in [-0.2, -0.15) is 0 Å². The summed E-state index contributed by atoms with van der Waals surface area (Å²) in [7, 11) is 1.53. The molecule has 0 aliphatic carbocycles. The van der Waals surface area contributed by atoms with Gasteiger partial charge in [0.2, 0.25) is 5.91 Å². The number of hydrogen-bond acceptors (Lipinski definition) is 3. The average molecular weight is 395 g/mol. The number of likely N-dealkylation sites (N-methyl/N-ethyl adjacent to an activating group) is 1. The Hall–Kier alpha value is -2.24. The van der Waals surface area contributed by atoms with Crippen LogP contribution in [0.5, 0.6) is 5.75 Å². The maximum absolute atomic E-state index is 12.7. The Kier molecular flexibility index (Phi) is 7.30. The zero-order valence-corrected chi connectivity index (χ0v) is 16.1. The van der Waals surface area contributed by atoms with E-state index in [4.69, 9.17) is 27.9 Å². The van der Waals surface area contributed by atoms with Crippen molar-refractivity contribution >= 4 is 35.0 Å². The molecule has 5 nitrogen and oxygen atoms in total. The molecule has 2 amide bonds. The zero-order chi connectivity index (χ0) is 19.1. The third-order valence-corrected chi connectivity index (χ3v) is 4.51. The van der Waals surface area contributed by atoms with Gasteiger partial charge in [-0.1, -0.05) is 41.4 Å². The second-order valence-electron chi connectivity index (χ2n) is 5.65. The second-order valence-corrected chi connectivity index (χ2v) is 6.49. The summed E-state index contributed by atoms with van der Waals surface area (Å²) in [5.74, 6) is -0.0686. The van der Waals surface area contributed by atoms with Gasteiger partial charge in [-0.25, -0.2) is 0 Å². The van der Waals surface area contributed by atoms with Crippen molar-refractivity contribution in [2.24, 2.45) is 0 Å². The van der Waals surface area contributed by atoms with Gasteiger partial charge in [0, 0.05) is 23.6 Å². The molecular formula is C19H20Cl2N2O3. The van der Waals surface area contributed by atoms with Crippen molar-refractivity contribution in [3.63, 3.8) is 0 Å². The fourth-order valence-corrected chi connectivity index (χ4v) is 2.68. The van der Waals surface area contributed by atoms with Crippen molar-refractivity contribution < 1.29 is 14.3 Å². The Morgan fingerprint density at radius 2 is 1.77 bits per heavy atom. The number of nitrogens with one attached hydrogen (secondary N) is 1. The summed E-state index contributed by atoms with van der Waals surface area (Å²) in [4.78, 5) is 26.2. The lowest BCUT2D eigenvalue weighted by molar-refractivity contribution is -0.142. The molecular weight excluding hydrogens is 375 g/mol. The first-order valence-corrected chi connectivity index (χ1v) is 8.80. The molecule has 7 heteroatoms. The largest absolute Gasteiger partial charge is 0.484 e. The Balaban J connectivity index is 2.13. The van der Waals surface area contributed by atoms with Gasteiger partial charge < -0.3 is 15.0 Å². The molecule has 1 atom stereocenters. The third kappa shape index (κ3) is 5.38. The highest BCUT2D eigenvalue weighted by Crippen LogP contribution is 2.19. The number of carbonyl (C=O) groups excluding carboxylic acids is 2. The third-order valence-electron chi connectivity index (χ3n) is 3.89. The van der Waals surface area contributed by atoms with Crippen LogP contribution in [0.1, 0.15) is 12.5 Å². The molecule has 0 saturated heterocycles. The SMILES string of the molecule is CNC(=O)[C@H](C)N(Cc1ccccc1Cl)C(=O)COc1ccc(Cl)cc1. The molecule has 0 spiro atoms. The molecule has 0 aliphatic heterocycles. The molecule has 138 valence electrons. The molecule has 1 N–H and O–H groups in total. The van der Waals surface area contributed by atoms with Gasteiger partial charge in [0.25, 0.3) is 5.91 Å². The van der Waals surface area contributed by atoms with Crippen LogP contribution < -0.4 is 10.1 Å². The van der Waals surface area contributed by atoms with E-state index >= 15 is 0 Å². The van der Waals surface area contributed by atoms with Crippen molar-refractivity contribution in [1.29, 1.82) is 0 Å². The van der Waals surface area contributed by atoms with E-state index in [0.717, 1.165) is 5.56 Å². The van der Waals surface area contributed by atoms with Crippen molar-refractivity contribution in [3.8, 4) is 5.75 Å². The van der Waals surface area contributed by atoms with E-state index in [1.165, 1.54) is 11.9 Å². The fraction of sp³-hybridized carbons (Fsp3) is 0.263. The Morgan fingerprint density at radius 1 is 1.12 bits per heavy atom. The minimum atomic E-state index is -0.669. The van der Waals surface area contributed by atoms with Gasteiger partial charge in [0.05, 0.1) is 0 Å². The summed E-state index contributed by atoms with van der Waals surface area (Å²) in [5, 5.41) is 3.68. The van der Waals surface area contributed by atoms with Gasteiger partial charge in [-0.3, -0.25) is 9.59 Å². The number of ether oxygens (including phenoxy) is 1. The molecule has 26 heavy (non-hydrogen) atoms.